The van der Waals surface area contributed by atoms with E-state index in [-0.39, 0.29) is 0 Å². The molecule has 0 saturated carbocycles. The smallest absolute Gasteiger partial charge is 0.0701 e. The standard InChI is InChI=1S/C19H39N3O3/c1-20(10-11-21-6-2-3-7-21)12-14-23-16-18-25-19-17-24-15-13-22-8-4-5-9-22/h2-19H2,1H3. The first-order valence-corrected chi connectivity index (χ1v) is 10.2. The van der Waals surface area contributed by atoms with Gasteiger partial charge >= 0.3 is 0 Å². The molecule has 0 spiro atoms. The Hall–Kier alpha value is -0.240. The molecule has 0 unspecified atom stereocenters. The number of hydrogen-bond donors (Lipinski definition) is 0. The highest BCUT2D eigenvalue weighted by molar-refractivity contribution is 4.67. The summed E-state index contributed by atoms with van der Waals surface area (Å²) in [6.07, 6.45) is 5.43. The van der Waals surface area contributed by atoms with Crippen molar-refractivity contribution in [3.8, 4) is 0 Å². The molecule has 0 amide bonds. The Morgan fingerprint density at radius 2 is 1.08 bits per heavy atom. The van der Waals surface area contributed by atoms with E-state index in [1.165, 1.54) is 58.4 Å². The van der Waals surface area contributed by atoms with E-state index in [2.05, 4.69) is 21.7 Å². The van der Waals surface area contributed by atoms with Crippen molar-refractivity contribution in [2.45, 2.75) is 25.7 Å². The third-order valence-corrected chi connectivity index (χ3v) is 5.11. The van der Waals surface area contributed by atoms with Crippen molar-refractivity contribution in [1.82, 2.24) is 14.7 Å². The van der Waals surface area contributed by atoms with E-state index in [0.717, 1.165) is 32.8 Å². The molecule has 2 fully saturated rings. The predicted molar refractivity (Wildman–Crippen MR) is 101 cm³/mol. The van der Waals surface area contributed by atoms with Crippen molar-refractivity contribution in [3.05, 3.63) is 0 Å². The minimum absolute atomic E-state index is 0.660. The molecule has 0 N–H and O–H groups in total. The van der Waals surface area contributed by atoms with Crippen LogP contribution in [0, 0.1) is 0 Å². The normalized spacial score (nSPS) is 19.4. The van der Waals surface area contributed by atoms with Crippen LogP contribution < -0.4 is 0 Å². The van der Waals surface area contributed by atoms with Gasteiger partial charge in [0.1, 0.15) is 0 Å². The third-order valence-electron chi connectivity index (χ3n) is 5.11. The summed E-state index contributed by atoms with van der Waals surface area (Å²) in [6, 6.07) is 0. The molecule has 0 radical (unpaired) electrons. The highest BCUT2D eigenvalue weighted by atomic mass is 16.5. The summed E-state index contributed by atoms with van der Waals surface area (Å²) in [6.45, 7) is 13.7. The first kappa shape index (κ1) is 21.1. The quantitative estimate of drug-likeness (QED) is 0.410. The topological polar surface area (TPSA) is 37.4 Å². The van der Waals surface area contributed by atoms with Gasteiger partial charge in [0.05, 0.1) is 39.6 Å². The van der Waals surface area contributed by atoms with Gasteiger partial charge in [-0.05, 0) is 58.9 Å². The number of hydrogen-bond acceptors (Lipinski definition) is 6. The average molecular weight is 358 g/mol. The number of rotatable bonds is 15. The lowest BCUT2D eigenvalue weighted by molar-refractivity contribution is 0.00865. The van der Waals surface area contributed by atoms with E-state index in [1.54, 1.807) is 0 Å². The van der Waals surface area contributed by atoms with Gasteiger partial charge in [-0.25, -0.2) is 0 Å². The lowest BCUT2D eigenvalue weighted by Crippen LogP contribution is -2.33. The van der Waals surface area contributed by atoms with Crippen LogP contribution in [0.2, 0.25) is 0 Å². The lowest BCUT2D eigenvalue weighted by atomic mass is 10.4. The zero-order chi connectivity index (χ0) is 17.6. The molecule has 2 aliphatic heterocycles. The van der Waals surface area contributed by atoms with Crippen molar-refractivity contribution in [3.63, 3.8) is 0 Å². The van der Waals surface area contributed by atoms with Crippen LogP contribution >= 0.6 is 0 Å². The Balaban J connectivity index is 1.26. The molecule has 0 aromatic heterocycles. The Bertz CT molecular complexity index is 308. The number of ether oxygens (including phenoxy) is 3. The Labute approximate surface area is 154 Å². The van der Waals surface area contributed by atoms with Crippen LogP contribution in [0.5, 0.6) is 0 Å². The van der Waals surface area contributed by atoms with Gasteiger partial charge in [0.2, 0.25) is 0 Å². The molecule has 2 saturated heterocycles. The summed E-state index contributed by atoms with van der Waals surface area (Å²) in [5, 5.41) is 0. The molecule has 148 valence electrons. The summed E-state index contributed by atoms with van der Waals surface area (Å²) in [4.78, 5) is 7.38. The minimum Gasteiger partial charge on any atom is -0.378 e. The van der Waals surface area contributed by atoms with E-state index >= 15 is 0 Å². The van der Waals surface area contributed by atoms with Gasteiger partial charge in [0.15, 0.2) is 0 Å². The van der Waals surface area contributed by atoms with Crippen molar-refractivity contribution in [2.24, 2.45) is 0 Å². The minimum atomic E-state index is 0.660. The lowest BCUT2D eigenvalue weighted by Gasteiger charge is -2.21. The molecule has 2 rings (SSSR count). The summed E-state index contributed by atoms with van der Waals surface area (Å²) >= 11 is 0. The highest BCUT2D eigenvalue weighted by Gasteiger charge is 2.11. The first-order chi connectivity index (χ1) is 12.3. The van der Waals surface area contributed by atoms with Crippen LogP contribution in [-0.2, 0) is 14.2 Å². The molecule has 0 aliphatic carbocycles. The maximum atomic E-state index is 5.64. The van der Waals surface area contributed by atoms with E-state index < -0.39 is 0 Å². The molecule has 0 bridgehead atoms. The zero-order valence-corrected chi connectivity index (χ0v) is 16.3. The van der Waals surface area contributed by atoms with E-state index in [4.69, 9.17) is 14.2 Å². The monoisotopic (exact) mass is 357 g/mol. The third kappa shape index (κ3) is 10.5. The molecule has 0 aromatic rings. The van der Waals surface area contributed by atoms with Crippen LogP contribution in [0.3, 0.4) is 0 Å². The fraction of sp³-hybridized carbons (Fsp3) is 1.00. The second-order valence-electron chi connectivity index (χ2n) is 7.24. The second kappa shape index (κ2) is 13.9. The first-order valence-electron chi connectivity index (χ1n) is 10.2. The molecular weight excluding hydrogens is 318 g/mol. The van der Waals surface area contributed by atoms with Crippen molar-refractivity contribution in [1.29, 1.82) is 0 Å². The second-order valence-corrected chi connectivity index (χ2v) is 7.24. The van der Waals surface area contributed by atoms with E-state index in [0.29, 0.717) is 26.4 Å². The molecule has 6 heteroatoms. The molecule has 25 heavy (non-hydrogen) atoms. The average Bonchev–Trinajstić information content (AvgIpc) is 3.31. The van der Waals surface area contributed by atoms with Crippen LogP contribution in [0.1, 0.15) is 25.7 Å². The van der Waals surface area contributed by atoms with E-state index in [1.807, 2.05) is 0 Å². The summed E-state index contributed by atoms with van der Waals surface area (Å²) in [7, 11) is 2.18. The SMILES string of the molecule is CN(CCOCCOCCOCCN1CCCC1)CCN1CCCC1. The molecule has 2 heterocycles. The molecular formula is C19H39N3O3. The van der Waals surface area contributed by atoms with Gasteiger partial charge < -0.3 is 28.9 Å². The van der Waals surface area contributed by atoms with Crippen molar-refractivity contribution >= 4 is 0 Å². The summed E-state index contributed by atoms with van der Waals surface area (Å²) in [5.74, 6) is 0. The van der Waals surface area contributed by atoms with Crippen molar-refractivity contribution in [2.75, 3.05) is 99.0 Å². The van der Waals surface area contributed by atoms with E-state index in [9.17, 15) is 0 Å². The number of nitrogens with zero attached hydrogens (tertiary/aromatic N) is 3. The Kier molecular flexibility index (Phi) is 11.7. The van der Waals surface area contributed by atoms with Gasteiger partial charge in [0, 0.05) is 26.2 Å². The van der Waals surface area contributed by atoms with Crippen LogP contribution in [0.25, 0.3) is 0 Å². The number of likely N-dealkylation sites (N-methyl/N-ethyl adjacent to an activating group) is 1. The van der Waals surface area contributed by atoms with Gasteiger partial charge in [-0.15, -0.1) is 0 Å². The van der Waals surface area contributed by atoms with Crippen LogP contribution in [-0.4, -0.2) is 114 Å². The Morgan fingerprint density at radius 1 is 0.600 bits per heavy atom. The summed E-state index contributed by atoms with van der Waals surface area (Å²) < 4.78 is 16.8. The van der Waals surface area contributed by atoms with Crippen molar-refractivity contribution < 1.29 is 14.2 Å². The molecule has 0 aromatic carbocycles. The van der Waals surface area contributed by atoms with Gasteiger partial charge in [-0.2, -0.15) is 0 Å². The predicted octanol–water partition coefficient (Wildman–Crippen LogP) is 1.16. The maximum absolute atomic E-state index is 5.64. The highest BCUT2D eigenvalue weighted by Crippen LogP contribution is 2.06. The van der Waals surface area contributed by atoms with Crippen LogP contribution in [0.15, 0.2) is 0 Å². The maximum Gasteiger partial charge on any atom is 0.0701 e. The molecule has 2 aliphatic rings. The number of likely N-dealkylation sites (tertiary alicyclic amines) is 2. The van der Waals surface area contributed by atoms with Gasteiger partial charge in [0.25, 0.3) is 0 Å². The van der Waals surface area contributed by atoms with Gasteiger partial charge in [-0.3, -0.25) is 0 Å². The summed E-state index contributed by atoms with van der Waals surface area (Å²) in [5.41, 5.74) is 0. The fourth-order valence-electron chi connectivity index (χ4n) is 3.39. The van der Waals surface area contributed by atoms with Gasteiger partial charge in [-0.1, -0.05) is 0 Å². The zero-order valence-electron chi connectivity index (χ0n) is 16.3. The Morgan fingerprint density at radius 3 is 1.68 bits per heavy atom. The molecule has 6 nitrogen and oxygen atoms in total. The molecule has 0 atom stereocenters. The fourth-order valence-corrected chi connectivity index (χ4v) is 3.39. The largest absolute Gasteiger partial charge is 0.378 e. The van der Waals surface area contributed by atoms with Crippen LogP contribution in [0.4, 0.5) is 0 Å².